The molecule has 0 bridgehead atoms. The van der Waals surface area contributed by atoms with Gasteiger partial charge in [-0.05, 0) is 23.3 Å². The molecule has 136 valence electrons. The minimum atomic E-state index is -0.938. The van der Waals surface area contributed by atoms with Gasteiger partial charge in [0, 0.05) is 22.4 Å². The van der Waals surface area contributed by atoms with Crippen molar-refractivity contribution < 1.29 is 14.7 Å². The quantitative estimate of drug-likeness (QED) is 0.498. The molecule has 2 atom stereocenters. The van der Waals surface area contributed by atoms with Crippen LogP contribution in [-0.4, -0.2) is 16.9 Å². The summed E-state index contributed by atoms with van der Waals surface area (Å²) in [5, 5.41) is 9.99. The Labute approximate surface area is 166 Å². The largest absolute Gasteiger partial charge is 0.481 e. The van der Waals surface area contributed by atoms with Gasteiger partial charge in [0.1, 0.15) is 0 Å². The average Bonchev–Trinajstić information content (AvgIpc) is 2.70. The number of hydrogen-bond donors (Lipinski definition) is 1. The zero-order chi connectivity index (χ0) is 19.2. The van der Waals surface area contributed by atoms with Gasteiger partial charge in [-0.3, -0.25) is 9.59 Å². The molecule has 0 fully saturated rings. The van der Waals surface area contributed by atoms with Crippen LogP contribution in [0.4, 0.5) is 0 Å². The Morgan fingerprint density at radius 2 is 1.33 bits per heavy atom. The summed E-state index contributed by atoms with van der Waals surface area (Å²) in [7, 11) is 0. The van der Waals surface area contributed by atoms with Crippen LogP contribution in [0.2, 0.25) is 0 Å². The highest BCUT2D eigenvalue weighted by Gasteiger charge is 2.32. The number of benzene rings is 3. The van der Waals surface area contributed by atoms with E-state index in [1.54, 1.807) is 24.3 Å². The van der Waals surface area contributed by atoms with Crippen LogP contribution >= 0.6 is 15.9 Å². The van der Waals surface area contributed by atoms with Crippen molar-refractivity contribution in [3.8, 4) is 0 Å². The molecule has 3 aromatic carbocycles. The molecule has 1 N–H and O–H groups in total. The van der Waals surface area contributed by atoms with Gasteiger partial charge in [0.2, 0.25) is 0 Å². The Hall–Kier alpha value is -2.72. The number of rotatable bonds is 7. The fraction of sp³-hybridized carbons (Fsp3) is 0.130. The van der Waals surface area contributed by atoms with Crippen molar-refractivity contribution in [1.29, 1.82) is 0 Å². The maximum atomic E-state index is 12.8. The van der Waals surface area contributed by atoms with E-state index in [0.29, 0.717) is 11.1 Å². The molecule has 27 heavy (non-hydrogen) atoms. The number of carboxylic acids is 1. The first-order chi connectivity index (χ1) is 13.1. The lowest BCUT2D eigenvalue weighted by atomic mass is 9.78. The van der Waals surface area contributed by atoms with Gasteiger partial charge in [0.25, 0.3) is 0 Å². The normalized spacial score (nSPS) is 12.9. The van der Waals surface area contributed by atoms with E-state index in [1.165, 1.54) is 0 Å². The molecule has 0 unspecified atom stereocenters. The van der Waals surface area contributed by atoms with Crippen molar-refractivity contribution in [2.75, 3.05) is 0 Å². The van der Waals surface area contributed by atoms with Crippen LogP contribution in [-0.2, 0) is 4.79 Å². The van der Waals surface area contributed by atoms with Crippen LogP contribution in [0.3, 0.4) is 0 Å². The second-order valence-corrected chi connectivity index (χ2v) is 7.29. The number of Topliss-reactive ketones (excluding diaryl/α,β-unsaturated/α-hetero) is 1. The predicted octanol–water partition coefficient (Wildman–Crippen LogP) is 5.67. The summed E-state index contributed by atoms with van der Waals surface area (Å²) in [4.78, 5) is 25.0. The third-order valence-electron chi connectivity index (χ3n) is 4.63. The molecule has 0 saturated heterocycles. The van der Waals surface area contributed by atoms with Crippen molar-refractivity contribution in [2.24, 2.45) is 0 Å². The highest BCUT2D eigenvalue weighted by Crippen LogP contribution is 2.37. The van der Waals surface area contributed by atoms with E-state index >= 15 is 0 Å². The first-order valence-electron chi connectivity index (χ1n) is 8.67. The molecule has 0 aliphatic carbocycles. The number of halogens is 1. The lowest BCUT2D eigenvalue weighted by Crippen LogP contribution is -2.23. The third kappa shape index (κ3) is 4.72. The van der Waals surface area contributed by atoms with E-state index in [-0.39, 0.29) is 12.2 Å². The van der Waals surface area contributed by atoms with E-state index in [0.717, 1.165) is 10.0 Å². The molecule has 0 saturated carbocycles. The number of carboxylic acid groups (broad SMARTS) is 1. The molecular weight excluding hydrogens is 404 g/mol. The Morgan fingerprint density at radius 1 is 0.778 bits per heavy atom. The maximum absolute atomic E-state index is 12.8. The van der Waals surface area contributed by atoms with Crippen molar-refractivity contribution in [1.82, 2.24) is 0 Å². The van der Waals surface area contributed by atoms with Gasteiger partial charge in [0.05, 0.1) is 5.92 Å². The van der Waals surface area contributed by atoms with E-state index in [4.69, 9.17) is 0 Å². The van der Waals surface area contributed by atoms with Gasteiger partial charge in [-0.15, -0.1) is 0 Å². The Bertz CT molecular complexity index is 905. The molecule has 0 amide bonds. The summed E-state index contributed by atoms with van der Waals surface area (Å²) in [6, 6.07) is 25.7. The Kier molecular flexibility index (Phi) is 6.20. The Morgan fingerprint density at radius 3 is 1.89 bits per heavy atom. The third-order valence-corrected chi connectivity index (χ3v) is 5.16. The smallest absolute Gasteiger partial charge is 0.311 e. The summed E-state index contributed by atoms with van der Waals surface area (Å²) >= 11 is 3.38. The summed E-state index contributed by atoms with van der Waals surface area (Å²) < 4.78 is 0.881. The SMILES string of the molecule is O=C(C[C@H](c1ccccc1)[C@@H](C(=O)O)c1ccc(Br)cc1)c1ccccc1. The minimum Gasteiger partial charge on any atom is -0.481 e. The molecular formula is C23H19BrO3. The molecule has 4 heteroatoms. The van der Waals surface area contributed by atoms with Crippen molar-refractivity contribution >= 4 is 27.7 Å². The van der Waals surface area contributed by atoms with Gasteiger partial charge in [0.15, 0.2) is 5.78 Å². The van der Waals surface area contributed by atoms with Crippen molar-refractivity contribution in [3.05, 3.63) is 106 Å². The van der Waals surface area contributed by atoms with Crippen LogP contribution in [0.25, 0.3) is 0 Å². The van der Waals surface area contributed by atoms with Crippen LogP contribution in [0.5, 0.6) is 0 Å². The second kappa shape index (κ2) is 8.78. The number of carbonyl (C=O) groups is 2. The van der Waals surface area contributed by atoms with Gasteiger partial charge >= 0.3 is 5.97 Å². The molecule has 0 aliphatic heterocycles. The maximum Gasteiger partial charge on any atom is 0.311 e. The van der Waals surface area contributed by atoms with Gasteiger partial charge in [-0.25, -0.2) is 0 Å². The van der Waals surface area contributed by atoms with Gasteiger partial charge in [-0.2, -0.15) is 0 Å². The Balaban J connectivity index is 2.01. The highest BCUT2D eigenvalue weighted by molar-refractivity contribution is 9.10. The zero-order valence-corrected chi connectivity index (χ0v) is 16.2. The number of carbonyl (C=O) groups excluding carboxylic acids is 1. The fourth-order valence-electron chi connectivity index (χ4n) is 3.29. The highest BCUT2D eigenvalue weighted by atomic mass is 79.9. The summed E-state index contributed by atoms with van der Waals surface area (Å²) in [6.07, 6.45) is 0.126. The predicted molar refractivity (Wildman–Crippen MR) is 109 cm³/mol. The molecule has 3 aromatic rings. The molecule has 0 radical (unpaired) electrons. The summed E-state index contributed by atoms with van der Waals surface area (Å²) in [5.41, 5.74) is 2.12. The zero-order valence-electron chi connectivity index (χ0n) is 14.6. The number of hydrogen-bond acceptors (Lipinski definition) is 2. The molecule has 3 rings (SSSR count). The fourth-order valence-corrected chi connectivity index (χ4v) is 3.55. The van der Waals surface area contributed by atoms with E-state index in [1.807, 2.05) is 60.7 Å². The molecule has 0 aliphatic rings. The first kappa shape index (κ1) is 19.1. The molecule has 0 aromatic heterocycles. The van der Waals surface area contributed by atoms with E-state index in [9.17, 15) is 14.7 Å². The summed E-state index contributed by atoms with van der Waals surface area (Å²) in [6.45, 7) is 0. The van der Waals surface area contributed by atoms with Crippen LogP contribution in [0, 0.1) is 0 Å². The minimum absolute atomic E-state index is 0.0622. The standard InChI is InChI=1S/C23H19BrO3/c24-19-13-11-18(12-14-19)22(23(26)27)20(16-7-3-1-4-8-16)15-21(25)17-9-5-2-6-10-17/h1-14,20,22H,15H2,(H,26,27)/t20-,22+/m1/s1. The van der Waals surface area contributed by atoms with Gasteiger partial charge in [-0.1, -0.05) is 88.7 Å². The van der Waals surface area contributed by atoms with Gasteiger partial charge < -0.3 is 5.11 Å². The second-order valence-electron chi connectivity index (χ2n) is 6.38. The lowest BCUT2D eigenvalue weighted by Gasteiger charge is -2.24. The molecule has 0 heterocycles. The van der Waals surface area contributed by atoms with E-state index < -0.39 is 17.8 Å². The van der Waals surface area contributed by atoms with Crippen LogP contribution in [0.15, 0.2) is 89.4 Å². The average molecular weight is 423 g/mol. The number of aliphatic carboxylic acids is 1. The van der Waals surface area contributed by atoms with Crippen LogP contribution in [0.1, 0.15) is 39.7 Å². The molecule has 0 spiro atoms. The topological polar surface area (TPSA) is 54.4 Å². The van der Waals surface area contributed by atoms with E-state index in [2.05, 4.69) is 15.9 Å². The number of ketones is 1. The lowest BCUT2D eigenvalue weighted by molar-refractivity contribution is -0.139. The first-order valence-corrected chi connectivity index (χ1v) is 9.47. The summed E-state index contributed by atoms with van der Waals surface area (Å²) in [5.74, 6) is -2.27. The van der Waals surface area contributed by atoms with Crippen molar-refractivity contribution in [2.45, 2.75) is 18.3 Å². The molecule has 3 nitrogen and oxygen atoms in total. The van der Waals surface area contributed by atoms with Crippen LogP contribution < -0.4 is 0 Å². The van der Waals surface area contributed by atoms with Crippen molar-refractivity contribution in [3.63, 3.8) is 0 Å². The monoisotopic (exact) mass is 422 g/mol.